The van der Waals surface area contributed by atoms with E-state index in [0.29, 0.717) is 18.7 Å². The molecule has 2 aromatic rings. The third-order valence-electron chi connectivity index (χ3n) is 3.38. The van der Waals surface area contributed by atoms with Crippen LogP contribution in [0.2, 0.25) is 0 Å². The van der Waals surface area contributed by atoms with E-state index in [2.05, 4.69) is 22.1 Å². The van der Waals surface area contributed by atoms with Gasteiger partial charge in [-0.3, -0.25) is 4.98 Å². The summed E-state index contributed by atoms with van der Waals surface area (Å²) in [6, 6.07) is 13.9. The average Bonchev–Trinajstić information content (AvgIpc) is 2.39. The molecule has 0 bridgehead atoms. The van der Waals surface area contributed by atoms with Crippen LogP contribution in [-0.2, 0) is 12.0 Å². The van der Waals surface area contributed by atoms with E-state index in [-0.39, 0.29) is 0 Å². The van der Waals surface area contributed by atoms with Gasteiger partial charge in [-0.1, -0.05) is 30.3 Å². The molecule has 1 aliphatic heterocycles. The van der Waals surface area contributed by atoms with Crippen molar-refractivity contribution in [3.05, 3.63) is 59.9 Å². The Labute approximate surface area is 112 Å². The second kappa shape index (κ2) is 4.48. The molecule has 1 aliphatic rings. The van der Waals surface area contributed by atoms with E-state index in [1.165, 1.54) is 5.56 Å². The molecular weight excluding hydrogens is 236 g/mol. The van der Waals surface area contributed by atoms with Gasteiger partial charge >= 0.3 is 0 Å². The maximum Gasteiger partial charge on any atom is 0.102 e. The Bertz CT molecular complexity index is 621. The first-order valence-corrected chi connectivity index (χ1v) is 6.29. The highest BCUT2D eigenvalue weighted by atomic mass is 15.0. The molecule has 0 spiro atoms. The van der Waals surface area contributed by atoms with E-state index < -0.39 is 5.54 Å². The molecule has 1 unspecified atom stereocenters. The highest BCUT2D eigenvalue weighted by molar-refractivity contribution is 5.87. The van der Waals surface area contributed by atoms with Gasteiger partial charge in [-0.2, -0.15) is 0 Å². The van der Waals surface area contributed by atoms with Crippen LogP contribution in [-0.4, -0.2) is 10.8 Å². The van der Waals surface area contributed by atoms with Crippen LogP contribution in [0, 0.1) is 0 Å². The first kappa shape index (κ1) is 11.9. The smallest absolute Gasteiger partial charge is 0.102 e. The van der Waals surface area contributed by atoms with Crippen molar-refractivity contribution in [2.75, 3.05) is 0 Å². The monoisotopic (exact) mass is 252 g/mol. The number of hydrogen-bond donors (Lipinski definition) is 2. The summed E-state index contributed by atoms with van der Waals surface area (Å²) in [4.78, 5) is 8.75. The Morgan fingerprint density at radius 1 is 1.11 bits per heavy atom. The fraction of sp³-hybridized carbons (Fsp3) is 0.200. The number of nitrogens with two attached hydrogens (primary N) is 2. The number of pyridine rings is 1. The predicted molar refractivity (Wildman–Crippen MR) is 76.1 cm³/mol. The van der Waals surface area contributed by atoms with Crippen LogP contribution in [0.4, 0.5) is 5.69 Å². The molecule has 4 heteroatoms. The Morgan fingerprint density at radius 3 is 2.68 bits per heavy atom. The molecule has 0 amide bonds. The Morgan fingerprint density at radius 2 is 1.89 bits per heavy atom. The van der Waals surface area contributed by atoms with Gasteiger partial charge in [0, 0.05) is 12.6 Å². The summed E-state index contributed by atoms with van der Waals surface area (Å²) >= 11 is 0. The summed E-state index contributed by atoms with van der Waals surface area (Å²) in [5, 5.41) is 0. The van der Waals surface area contributed by atoms with Crippen LogP contribution >= 0.6 is 0 Å². The lowest BCUT2D eigenvalue weighted by atomic mass is 9.82. The maximum atomic E-state index is 6.57. The van der Waals surface area contributed by atoms with Crippen molar-refractivity contribution in [3.8, 4) is 0 Å². The van der Waals surface area contributed by atoms with Gasteiger partial charge < -0.3 is 11.5 Å². The second-order valence-electron chi connectivity index (χ2n) is 4.97. The highest BCUT2D eigenvalue weighted by Crippen LogP contribution is 2.35. The zero-order valence-corrected chi connectivity index (χ0v) is 10.6. The van der Waals surface area contributed by atoms with E-state index in [0.717, 1.165) is 11.4 Å². The lowest BCUT2D eigenvalue weighted by Gasteiger charge is -2.32. The van der Waals surface area contributed by atoms with Crippen LogP contribution in [0.15, 0.2) is 53.7 Å². The summed E-state index contributed by atoms with van der Waals surface area (Å²) in [6.45, 7) is 0. The van der Waals surface area contributed by atoms with E-state index in [9.17, 15) is 0 Å². The molecule has 19 heavy (non-hydrogen) atoms. The molecule has 2 heterocycles. The minimum atomic E-state index is -0.580. The lowest BCUT2D eigenvalue weighted by Crippen LogP contribution is -2.45. The van der Waals surface area contributed by atoms with Crippen molar-refractivity contribution in [1.82, 2.24) is 4.98 Å². The van der Waals surface area contributed by atoms with Crippen molar-refractivity contribution in [1.29, 1.82) is 0 Å². The highest BCUT2D eigenvalue weighted by Gasteiger charge is 2.35. The van der Waals surface area contributed by atoms with Gasteiger partial charge in [-0.25, -0.2) is 4.99 Å². The molecule has 1 atom stereocenters. The van der Waals surface area contributed by atoms with Crippen molar-refractivity contribution >= 4 is 11.5 Å². The van der Waals surface area contributed by atoms with Gasteiger partial charge in [0.25, 0.3) is 0 Å². The molecule has 0 saturated carbocycles. The maximum absolute atomic E-state index is 6.57. The Balaban J connectivity index is 2.02. The molecule has 4 nitrogen and oxygen atoms in total. The van der Waals surface area contributed by atoms with E-state index >= 15 is 0 Å². The van der Waals surface area contributed by atoms with Crippen LogP contribution in [0.3, 0.4) is 0 Å². The molecular formula is C15H16N4. The quantitative estimate of drug-likeness (QED) is 0.856. The average molecular weight is 252 g/mol. The fourth-order valence-corrected chi connectivity index (χ4v) is 2.58. The van der Waals surface area contributed by atoms with Crippen LogP contribution in [0.5, 0.6) is 0 Å². The number of fused-ring (bicyclic) bond motifs is 1. The Kier molecular flexibility index (Phi) is 2.80. The molecule has 96 valence electrons. The molecule has 1 aromatic heterocycles. The van der Waals surface area contributed by atoms with Gasteiger partial charge in [-0.05, 0) is 24.1 Å². The van der Waals surface area contributed by atoms with E-state index in [1.807, 2.05) is 30.3 Å². The third-order valence-corrected chi connectivity index (χ3v) is 3.38. The predicted octanol–water partition coefficient (Wildman–Crippen LogP) is 1.87. The summed E-state index contributed by atoms with van der Waals surface area (Å²) < 4.78 is 0. The number of nitrogens with zero attached hydrogens (tertiary/aromatic N) is 2. The molecule has 0 saturated heterocycles. The lowest BCUT2D eigenvalue weighted by molar-refractivity contribution is 0.439. The number of aromatic nitrogens is 1. The number of rotatable bonds is 2. The van der Waals surface area contributed by atoms with Gasteiger partial charge in [0.05, 0.1) is 16.9 Å². The van der Waals surface area contributed by atoms with Crippen molar-refractivity contribution in [2.24, 2.45) is 16.5 Å². The minimum absolute atomic E-state index is 0.534. The molecule has 1 aromatic carbocycles. The van der Waals surface area contributed by atoms with Gasteiger partial charge in [0.2, 0.25) is 0 Å². The third kappa shape index (κ3) is 2.22. The summed E-state index contributed by atoms with van der Waals surface area (Å²) in [5.41, 5.74) is 14.7. The van der Waals surface area contributed by atoms with Crippen LogP contribution in [0.25, 0.3) is 0 Å². The SMILES string of the molecule is NC1=Nc2cccnc2C(N)(Cc2ccccc2)C1. The summed E-state index contributed by atoms with van der Waals surface area (Å²) in [7, 11) is 0. The van der Waals surface area contributed by atoms with Gasteiger partial charge in [-0.15, -0.1) is 0 Å². The van der Waals surface area contributed by atoms with Crippen LogP contribution < -0.4 is 11.5 Å². The molecule has 0 aliphatic carbocycles. The van der Waals surface area contributed by atoms with Crippen molar-refractivity contribution in [3.63, 3.8) is 0 Å². The summed E-state index contributed by atoms with van der Waals surface area (Å²) in [5.74, 6) is 0.568. The zero-order valence-electron chi connectivity index (χ0n) is 10.6. The molecule has 0 fully saturated rings. The second-order valence-corrected chi connectivity index (χ2v) is 4.97. The largest absolute Gasteiger partial charge is 0.387 e. The van der Waals surface area contributed by atoms with Crippen molar-refractivity contribution in [2.45, 2.75) is 18.4 Å². The standard InChI is InChI=1S/C15H16N4/c16-13-10-15(17,9-11-5-2-1-3-6-11)14-12(19-13)7-4-8-18-14/h1-8H,9-10,17H2,(H2,16,19). The molecule has 3 rings (SSSR count). The zero-order chi connectivity index (χ0) is 13.3. The number of hydrogen-bond acceptors (Lipinski definition) is 4. The number of aliphatic imine (C=N–C) groups is 1. The number of benzene rings is 1. The molecule has 4 N–H and O–H groups in total. The Hall–Kier alpha value is -2.20. The van der Waals surface area contributed by atoms with Gasteiger partial charge in [0.15, 0.2) is 0 Å². The topological polar surface area (TPSA) is 77.3 Å². The van der Waals surface area contributed by atoms with Gasteiger partial charge in [0.1, 0.15) is 5.84 Å². The fourth-order valence-electron chi connectivity index (χ4n) is 2.58. The normalized spacial score (nSPS) is 21.6. The van der Waals surface area contributed by atoms with Crippen LogP contribution in [0.1, 0.15) is 17.7 Å². The summed E-state index contributed by atoms with van der Waals surface area (Å²) in [6.07, 6.45) is 2.99. The van der Waals surface area contributed by atoms with E-state index in [4.69, 9.17) is 11.5 Å². The number of amidine groups is 1. The first-order valence-electron chi connectivity index (χ1n) is 6.29. The molecule has 0 radical (unpaired) electrons. The minimum Gasteiger partial charge on any atom is -0.387 e. The first-order chi connectivity index (χ1) is 9.17. The van der Waals surface area contributed by atoms with Crippen molar-refractivity contribution < 1.29 is 0 Å². The van der Waals surface area contributed by atoms with E-state index in [1.54, 1.807) is 6.20 Å².